The number of ether oxygens (including phenoxy) is 1. The number of hydrogen-bond acceptors (Lipinski definition) is 2. The van der Waals surface area contributed by atoms with Crippen molar-refractivity contribution in [3.05, 3.63) is 65.7 Å². The van der Waals surface area contributed by atoms with E-state index in [1.165, 1.54) is 0 Å². The van der Waals surface area contributed by atoms with Crippen LogP contribution in [0, 0.1) is 0 Å². The molecule has 2 aromatic carbocycles. The predicted octanol–water partition coefficient (Wildman–Crippen LogP) is 2.97. The molecule has 0 fully saturated rings. The summed E-state index contributed by atoms with van der Waals surface area (Å²) in [7, 11) is 3.63. The molecule has 3 heteroatoms. The van der Waals surface area contributed by atoms with E-state index in [0.717, 1.165) is 16.8 Å². The minimum Gasteiger partial charge on any atom is -0.497 e. The average molecular weight is 263 g/mol. The number of hydrogen-bond donors (Lipinski definition) is 0. The molecule has 2 aromatic rings. The summed E-state index contributed by atoms with van der Waals surface area (Å²) in [5, 5.41) is 0. The molecule has 0 saturated heterocycles. The first-order valence-electron chi connectivity index (χ1n) is 6.49. The zero-order valence-corrected chi connectivity index (χ0v) is 11.7. The van der Waals surface area contributed by atoms with E-state index in [1.54, 1.807) is 13.2 Å². The molecule has 2 nitrogen and oxygen atoms in total. The van der Waals surface area contributed by atoms with Crippen LogP contribution in [0.3, 0.4) is 0 Å². The Morgan fingerprint density at radius 3 is 2.25 bits per heavy atom. The van der Waals surface area contributed by atoms with Crippen LogP contribution in [0.1, 0.15) is 15.9 Å². The SMILES string of the molecule is C[B]c1ccc(C(=O)/C=C/c2ccc(OC)cc2)cc1. The van der Waals surface area contributed by atoms with Crippen LogP contribution in [0.2, 0.25) is 6.82 Å². The molecule has 1 radical (unpaired) electrons. The van der Waals surface area contributed by atoms with Crippen LogP contribution in [0.15, 0.2) is 54.6 Å². The molecule has 0 aliphatic heterocycles. The Kier molecular flexibility index (Phi) is 4.77. The number of carbonyl (C=O) groups is 1. The maximum Gasteiger partial charge on any atom is 0.185 e. The molecule has 0 saturated carbocycles. The number of benzene rings is 2. The standard InChI is InChI=1S/C17H16BO2/c1-18-15-8-6-14(7-9-15)17(19)12-5-13-3-10-16(20-2)11-4-13/h3-12H,1-2H3/b12-5+. The monoisotopic (exact) mass is 263 g/mol. The van der Waals surface area contributed by atoms with Gasteiger partial charge in [0.15, 0.2) is 5.78 Å². The normalized spacial score (nSPS) is 10.5. The maximum atomic E-state index is 12.0. The van der Waals surface area contributed by atoms with Crippen LogP contribution in [0.25, 0.3) is 6.08 Å². The van der Waals surface area contributed by atoms with Gasteiger partial charge in [-0.15, -0.1) is 0 Å². The van der Waals surface area contributed by atoms with Gasteiger partial charge in [0.05, 0.1) is 7.11 Å². The molecule has 2 rings (SSSR count). The Labute approximate surface area is 120 Å². The van der Waals surface area contributed by atoms with Crippen molar-refractivity contribution < 1.29 is 9.53 Å². The van der Waals surface area contributed by atoms with E-state index < -0.39 is 0 Å². The highest BCUT2D eigenvalue weighted by Gasteiger charge is 2.01. The Morgan fingerprint density at radius 2 is 1.70 bits per heavy atom. The third kappa shape index (κ3) is 3.61. The molecule has 20 heavy (non-hydrogen) atoms. The summed E-state index contributed by atoms with van der Waals surface area (Å²) in [6.45, 7) is 1.97. The summed E-state index contributed by atoms with van der Waals surface area (Å²) in [4.78, 5) is 12.0. The Bertz CT molecular complexity index is 598. The van der Waals surface area contributed by atoms with Crippen LogP contribution in [-0.4, -0.2) is 20.2 Å². The van der Waals surface area contributed by atoms with Gasteiger partial charge in [-0.1, -0.05) is 54.8 Å². The minimum absolute atomic E-state index is 0.00321. The van der Waals surface area contributed by atoms with E-state index in [1.807, 2.05) is 68.7 Å². The van der Waals surface area contributed by atoms with Gasteiger partial charge >= 0.3 is 0 Å². The molecule has 0 aromatic heterocycles. The molecular formula is C17H16BO2. The third-order valence-electron chi connectivity index (χ3n) is 3.07. The summed E-state index contributed by atoms with van der Waals surface area (Å²) in [5.41, 5.74) is 2.78. The molecule has 0 atom stereocenters. The summed E-state index contributed by atoms with van der Waals surface area (Å²) in [6.07, 6.45) is 3.40. The average Bonchev–Trinajstić information content (AvgIpc) is 2.53. The van der Waals surface area contributed by atoms with Gasteiger partial charge in [0.1, 0.15) is 13.0 Å². The van der Waals surface area contributed by atoms with Gasteiger partial charge in [0.25, 0.3) is 0 Å². The first-order chi connectivity index (χ1) is 9.72. The van der Waals surface area contributed by atoms with Crippen molar-refractivity contribution >= 4 is 24.6 Å². The fourth-order valence-electron chi connectivity index (χ4n) is 1.82. The van der Waals surface area contributed by atoms with Crippen molar-refractivity contribution in [1.29, 1.82) is 0 Å². The Hall–Kier alpha value is -2.29. The second kappa shape index (κ2) is 6.76. The fraction of sp³-hybridized carbons (Fsp3) is 0.118. The lowest BCUT2D eigenvalue weighted by Gasteiger charge is -2.00. The van der Waals surface area contributed by atoms with Gasteiger partial charge in [-0.05, 0) is 23.8 Å². The van der Waals surface area contributed by atoms with Crippen LogP contribution >= 0.6 is 0 Å². The number of methoxy groups -OCH3 is 1. The van der Waals surface area contributed by atoms with Gasteiger partial charge in [0.2, 0.25) is 0 Å². The van der Waals surface area contributed by atoms with E-state index in [4.69, 9.17) is 4.74 Å². The molecule has 0 heterocycles. The van der Waals surface area contributed by atoms with E-state index in [-0.39, 0.29) is 5.78 Å². The van der Waals surface area contributed by atoms with E-state index in [2.05, 4.69) is 0 Å². The molecular weight excluding hydrogens is 247 g/mol. The highest BCUT2D eigenvalue weighted by molar-refractivity contribution is 6.51. The fourth-order valence-corrected chi connectivity index (χ4v) is 1.82. The van der Waals surface area contributed by atoms with Gasteiger partial charge in [0, 0.05) is 5.56 Å². The quantitative estimate of drug-likeness (QED) is 0.471. The van der Waals surface area contributed by atoms with Crippen molar-refractivity contribution in [2.75, 3.05) is 7.11 Å². The van der Waals surface area contributed by atoms with E-state index in [0.29, 0.717) is 5.56 Å². The molecule has 99 valence electrons. The van der Waals surface area contributed by atoms with E-state index in [9.17, 15) is 4.79 Å². The topological polar surface area (TPSA) is 26.3 Å². The largest absolute Gasteiger partial charge is 0.497 e. The van der Waals surface area contributed by atoms with Gasteiger partial charge < -0.3 is 4.74 Å². The number of rotatable bonds is 5. The summed E-state index contributed by atoms with van der Waals surface area (Å²) in [5.74, 6) is 0.809. The predicted molar refractivity (Wildman–Crippen MR) is 84.1 cm³/mol. The van der Waals surface area contributed by atoms with Crippen molar-refractivity contribution in [2.45, 2.75) is 6.82 Å². The first-order valence-corrected chi connectivity index (χ1v) is 6.49. The Morgan fingerprint density at radius 1 is 1.05 bits per heavy atom. The van der Waals surface area contributed by atoms with Crippen molar-refractivity contribution in [3.8, 4) is 5.75 Å². The van der Waals surface area contributed by atoms with Crippen molar-refractivity contribution in [1.82, 2.24) is 0 Å². The molecule has 0 aliphatic rings. The molecule has 0 N–H and O–H groups in total. The molecule has 0 spiro atoms. The first kappa shape index (κ1) is 14.1. The molecule has 0 amide bonds. The Balaban J connectivity index is 2.07. The van der Waals surface area contributed by atoms with Gasteiger partial charge in [-0.2, -0.15) is 0 Å². The lowest BCUT2D eigenvalue weighted by atomic mass is 9.73. The second-order valence-electron chi connectivity index (χ2n) is 4.38. The third-order valence-corrected chi connectivity index (χ3v) is 3.07. The zero-order chi connectivity index (χ0) is 14.4. The highest BCUT2D eigenvalue weighted by Crippen LogP contribution is 2.12. The van der Waals surface area contributed by atoms with Crippen LogP contribution in [0.4, 0.5) is 0 Å². The minimum atomic E-state index is 0.00321. The maximum absolute atomic E-state index is 12.0. The zero-order valence-electron chi connectivity index (χ0n) is 11.7. The summed E-state index contributed by atoms with van der Waals surface area (Å²) >= 11 is 0. The lowest BCUT2D eigenvalue weighted by molar-refractivity contribution is 0.104. The van der Waals surface area contributed by atoms with Crippen LogP contribution < -0.4 is 10.2 Å². The van der Waals surface area contributed by atoms with Crippen molar-refractivity contribution in [3.63, 3.8) is 0 Å². The molecule has 0 aliphatic carbocycles. The second-order valence-corrected chi connectivity index (χ2v) is 4.38. The lowest BCUT2D eigenvalue weighted by Crippen LogP contribution is -2.10. The van der Waals surface area contributed by atoms with Crippen LogP contribution in [-0.2, 0) is 0 Å². The highest BCUT2D eigenvalue weighted by atomic mass is 16.5. The molecule has 0 unspecified atom stereocenters. The number of allylic oxidation sites excluding steroid dienone is 1. The van der Waals surface area contributed by atoms with E-state index >= 15 is 0 Å². The number of ketones is 1. The van der Waals surface area contributed by atoms with Gasteiger partial charge in [-0.3, -0.25) is 4.79 Å². The summed E-state index contributed by atoms with van der Waals surface area (Å²) < 4.78 is 5.09. The molecule has 0 bridgehead atoms. The number of carbonyl (C=O) groups excluding carboxylic acids is 1. The smallest absolute Gasteiger partial charge is 0.185 e. The summed E-state index contributed by atoms with van der Waals surface area (Å²) in [6, 6.07) is 15.1. The van der Waals surface area contributed by atoms with Crippen molar-refractivity contribution in [2.24, 2.45) is 0 Å². The van der Waals surface area contributed by atoms with Crippen LogP contribution in [0.5, 0.6) is 5.75 Å². The van der Waals surface area contributed by atoms with Gasteiger partial charge in [-0.25, -0.2) is 0 Å².